The Morgan fingerprint density at radius 2 is 2.12 bits per heavy atom. The Balaban J connectivity index is 1.79. The Morgan fingerprint density at radius 3 is 2.88 bits per heavy atom. The Labute approximate surface area is 145 Å². The van der Waals surface area contributed by atoms with Crippen LogP contribution in [0.2, 0.25) is 0 Å². The van der Waals surface area contributed by atoms with E-state index in [4.69, 9.17) is 4.74 Å². The van der Waals surface area contributed by atoms with Crippen molar-refractivity contribution in [2.75, 3.05) is 18.9 Å². The summed E-state index contributed by atoms with van der Waals surface area (Å²) in [5.74, 6) is 0.269. The molecule has 0 atom stereocenters. The zero-order valence-corrected chi connectivity index (χ0v) is 14.6. The lowest BCUT2D eigenvalue weighted by molar-refractivity contribution is -0.140. The van der Waals surface area contributed by atoms with Crippen molar-refractivity contribution in [3.8, 4) is 11.4 Å². The molecule has 0 bridgehead atoms. The molecule has 126 valence electrons. The highest BCUT2D eigenvalue weighted by Crippen LogP contribution is 2.18. The molecule has 0 radical (unpaired) electrons. The summed E-state index contributed by atoms with van der Waals surface area (Å²) in [6.45, 7) is 4.87. The fourth-order valence-electron chi connectivity index (χ4n) is 1.73. The van der Waals surface area contributed by atoms with Crippen LogP contribution in [0.1, 0.15) is 13.8 Å². The molecule has 0 N–H and O–H groups in total. The number of aliphatic imine (C=N–C) groups is 1. The van der Waals surface area contributed by atoms with Gasteiger partial charge in [0.1, 0.15) is 6.61 Å². The van der Waals surface area contributed by atoms with E-state index in [-0.39, 0.29) is 18.3 Å². The van der Waals surface area contributed by atoms with Gasteiger partial charge in [0, 0.05) is 18.6 Å². The van der Waals surface area contributed by atoms with Crippen LogP contribution in [0, 0.1) is 5.92 Å². The topological polar surface area (TPSA) is 77.3 Å². The highest BCUT2D eigenvalue weighted by Gasteiger charge is 2.08. The van der Waals surface area contributed by atoms with Crippen LogP contribution in [0.15, 0.2) is 46.8 Å². The molecule has 24 heavy (non-hydrogen) atoms. The third-order valence-corrected chi connectivity index (χ3v) is 3.60. The van der Waals surface area contributed by atoms with Crippen LogP contribution in [-0.2, 0) is 9.53 Å². The number of carbonyl (C=O) groups excluding carboxylic acids is 1. The third kappa shape index (κ3) is 6.45. The first kappa shape index (κ1) is 18.1. The fourth-order valence-corrected chi connectivity index (χ4v) is 2.36. The highest BCUT2D eigenvalue weighted by molar-refractivity contribution is 7.99. The SMILES string of the molecule is CC(C)/C=N/CCOC(=O)CSc1nccc(-c2ccccn2)n1. The van der Waals surface area contributed by atoms with Crippen LogP contribution in [0.5, 0.6) is 0 Å². The number of esters is 1. The van der Waals surface area contributed by atoms with E-state index in [9.17, 15) is 4.79 Å². The lowest BCUT2D eigenvalue weighted by Crippen LogP contribution is -2.10. The molecule has 0 spiro atoms. The van der Waals surface area contributed by atoms with E-state index in [0.717, 1.165) is 11.4 Å². The van der Waals surface area contributed by atoms with Crippen LogP contribution in [0.4, 0.5) is 0 Å². The second kappa shape index (κ2) is 9.77. The van der Waals surface area contributed by atoms with Gasteiger partial charge in [0.15, 0.2) is 5.16 Å². The number of hydrogen-bond donors (Lipinski definition) is 0. The Morgan fingerprint density at radius 1 is 1.25 bits per heavy atom. The second-order valence-corrected chi connectivity index (χ2v) is 6.19. The largest absolute Gasteiger partial charge is 0.463 e. The van der Waals surface area contributed by atoms with Crippen molar-refractivity contribution in [3.05, 3.63) is 36.7 Å². The minimum Gasteiger partial charge on any atom is -0.463 e. The molecule has 7 heteroatoms. The van der Waals surface area contributed by atoms with Gasteiger partial charge in [0.2, 0.25) is 0 Å². The molecule has 2 rings (SSSR count). The number of ether oxygens (including phenoxy) is 1. The van der Waals surface area contributed by atoms with Crippen LogP contribution in [0.25, 0.3) is 11.4 Å². The predicted molar refractivity (Wildman–Crippen MR) is 95.1 cm³/mol. The molecule has 0 aliphatic heterocycles. The minimum absolute atomic E-state index is 0.166. The number of nitrogens with zero attached hydrogens (tertiary/aromatic N) is 4. The molecule has 0 amide bonds. The zero-order chi connectivity index (χ0) is 17.2. The summed E-state index contributed by atoms with van der Waals surface area (Å²) in [4.78, 5) is 28.7. The van der Waals surface area contributed by atoms with Crippen molar-refractivity contribution in [2.24, 2.45) is 10.9 Å². The number of pyridine rings is 1. The normalized spacial score (nSPS) is 11.1. The first-order valence-corrected chi connectivity index (χ1v) is 8.66. The maximum atomic E-state index is 11.7. The smallest absolute Gasteiger partial charge is 0.316 e. The first-order valence-electron chi connectivity index (χ1n) is 7.68. The van der Waals surface area contributed by atoms with Crippen LogP contribution < -0.4 is 0 Å². The summed E-state index contributed by atoms with van der Waals surface area (Å²) in [5.41, 5.74) is 1.50. The van der Waals surface area contributed by atoms with Gasteiger partial charge in [-0.25, -0.2) is 9.97 Å². The van der Waals surface area contributed by atoms with Crippen molar-refractivity contribution < 1.29 is 9.53 Å². The molecule has 0 aromatic carbocycles. The maximum absolute atomic E-state index is 11.7. The van der Waals surface area contributed by atoms with E-state index < -0.39 is 0 Å². The van der Waals surface area contributed by atoms with Gasteiger partial charge in [-0.1, -0.05) is 31.7 Å². The van der Waals surface area contributed by atoms with E-state index >= 15 is 0 Å². The molecule has 0 saturated carbocycles. The second-order valence-electron chi connectivity index (χ2n) is 5.25. The van der Waals surface area contributed by atoms with E-state index in [1.165, 1.54) is 11.8 Å². The number of aromatic nitrogens is 3. The lowest BCUT2D eigenvalue weighted by Gasteiger charge is -2.04. The van der Waals surface area contributed by atoms with E-state index in [2.05, 4.69) is 19.9 Å². The quantitative estimate of drug-likeness (QED) is 0.241. The van der Waals surface area contributed by atoms with E-state index in [0.29, 0.717) is 17.6 Å². The minimum atomic E-state index is -0.299. The van der Waals surface area contributed by atoms with E-state index in [1.54, 1.807) is 18.5 Å². The van der Waals surface area contributed by atoms with Gasteiger partial charge in [-0.05, 0) is 24.1 Å². The molecule has 0 saturated heterocycles. The Hall–Kier alpha value is -2.28. The molecular weight excluding hydrogens is 324 g/mol. The molecule has 0 fully saturated rings. The van der Waals surface area contributed by atoms with Crippen LogP contribution >= 0.6 is 11.8 Å². The summed E-state index contributed by atoms with van der Waals surface area (Å²) in [7, 11) is 0. The first-order chi connectivity index (χ1) is 11.6. The summed E-state index contributed by atoms with van der Waals surface area (Å²) in [6.07, 6.45) is 5.22. The van der Waals surface area contributed by atoms with Crippen molar-refractivity contribution in [3.63, 3.8) is 0 Å². The number of rotatable bonds is 8. The standard InChI is InChI=1S/C17H20N4O2S/c1-13(2)11-18-9-10-23-16(22)12-24-17-20-8-6-15(21-17)14-5-3-4-7-19-14/h3-8,11,13H,9-10,12H2,1-2H3/b18-11+. The number of carbonyl (C=O) groups is 1. The summed E-state index contributed by atoms with van der Waals surface area (Å²) in [6, 6.07) is 7.41. The Bertz CT molecular complexity index is 677. The average molecular weight is 344 g/mol. The summed E-state index contributed by atoms with van der Waals surface area (Å²) in [5, 5.41) is 0.521. The van der Waals surface area contributed by atoms with Gasteiger partial charge in [-0.3, -0.25) is 14.8 Å². The molecule has 0 unspecified atom stereocenters. The van der Waals surface area contributed by atoms with Gasteiger partial charge in [0.05, 0.1) is 23.7 Å². The number of thioether (sulfide) groups is 1. The van der Waals surface area contributed by atoms with Gasteiger partial charge < -0.3 is 4.74 Å². The maximum Gasteiger partial charge on any atom is 0.316 e. The average Bonchev–Trinajstić information content (AvgIpc) is 2.60. The van der Waals surface area contributed by atoms with Crippen molar-refractivity contribution >= 4 is 23.9 Å². The van der Waals surface area contributed by atoms with Crippen LogP contribution in [0.3, 0.4) is 0 Å². The molecule has 6 nitrogen and oxygen atoms in total. The van der Waals surface area contributed by atoms with Crippen molar-refractivity contribution in [2.45, 2.75) is 19.0 Å². The molecule has 2 heterocycles. The monoisotopic (exact) mass is 344 g/mol. The van der Waals surface area contributed by atoms with Gasteiger partial charge in [-0.2, -0.15) is 0 Å². The number of hydrogen-bond acceptors (Lipinski definition) is 7. The van der Waals surface area contributed by atoms with Crippen molar-refractivity contribution in [1.82, 2.24) is 15.0 Å². The lowest BCUT2D eigenvalue weighted by atomic mass is 10.2. The van der Waals surface area contributed by atoms with Gasteiger partial charge in [0.25, 0.3) is 0 Å². The van der Waals surface area contributed by atoms with Gasteiger partial charge in [-0.15, -0.1) is 0 Å². The zero-order valence-electron chi connectivity index (χ0n) is 13.8. The van der Waals surface area contributed by atoms with Crippen molar-refractivity contribution in [1.29, 1.82) is 0 Å². The molecule has 0 aliphatic carbocycles. The fraction of sp³-hybridized carbons (Fsp3) is 0.353. The summed E-state index contributed by atoms with van der Waals surface area (Å²) >= 11 is 1.24. The van der Waals surface area contributed by atoms with E-state index in [1.807, 2.05) is 38.3 Å². The predicted octanol–water partition coefficient (Wildman–Crippen LogP) is 2.90. The molecule has 2 aromatic rings. The molecular formula is C17H20N4O2S. The highest BCUT2D eigenvalue weighted by atomic mass is 32.2. The van der Waals surface area contributed by atoms with Crippen LogP contribution in [-0.4, -0.2) is 46.0 Å². The Kier molecular flexibility index (Phi) is 7.35. The molecule has 0 aliphatic rings. The summed E-state index contributed by atoms with van der Waals surface area (Å²) < 4.78 is 5.12. The third-order valence-electron chi connectivity index (χ3n) is 2.77. The molecule has 2 aromatic heterocycles. The van der Waals surface area contributed by atoms with Gasteiger partial charge >= 0.3 is 5.97 Å².